The molecule has 0 N–H and O–H groups in total. The summed E-state index contributed by atoms with van der Waals surface area (Å²) >= 11 is 0. The highest BCUT2D eigenvalue weighted by atomic mass is 16.3. The predicted octanol–water partition coefficient (Wildman–Crippen LogP) is 2.34. The predicted molar refractivity (Wildman–Crippen MR) is 49.8 cm³/mol. The van der Waals surface area contributed by atoms with Crippen molar-refractivity contribution in [2.24, 2.45) is 11.8 Å². The minimum Gasteiger partial charge on any atom is -0.852 e. The molecule has 1 fully saturated rings. The first-order chi connectivity index (χ1) is 5.75. The summed E-state index contributed by atoms with van der Waals surface area (Å²) < 4.78 is 0. The zero-order chi connectivity index (χ0) is 8.97. The van der Waals surface area contributed by atoms with Crippen LogP contribution in [-0.4, -0.2) is 6.10 Å². The van der Waals surface area contributed by atoms with Gasteiger partial charge in [-0.25, -0.2) is 0 Å². The minimum atomic E-state index is -0.312. The standard InChI is InChI=1S/C11H21O/c1-3-11(12)9(2)10-7-5-4-6-8-10/h9-11H,3-8H2,1-2H3/q-1/t9-,11?/m0/s1. The molecular formula is C11H21O-. The van der Waals surface area contributed by atoms with Gasteiger partial charge in [-0.3, -0.25) is 0 Å². The van der Waals surface area contributed by atoms with E-state index in [1.807, 2.05) is 6.92 Å². The molecule has 1 unspecified atom stereocenters. The van der Waals surface area contributed by atoms with Gasteiger partial charge in [0, 0.05) is 0 Å². The average molecular weight is 169 g/mol. The zero-order valence-electron chi connectivity index (χ0n) is 8.38. The summed E-state index contributed by atoms with van der Waals surface area (Å²) in [6.07, 6.45) is 7.20. The van der Waals surface area contributed by atoms with Crippen molar-refractivity contribution in [3.8, 4) is 0 Å². The van der Waals surface area contributed by atoms with Gasteiger partial charge in [0.15, 0.2) is 0 Å². The van der Waals surface area contributed by atoms with Crippen molar-refractivity contribution in [2.45, 2.75) is 58.5 Å². The molecule has 0 heterocycles. The van der Waals surface area contributed by atoms with Crippen LogP contribution < -0.4 is 5.11 Å². The van der Waals surface area contributed by atoms with Gasteiger partial charge in [0.2, 0.25) is 0 Å². The van der Waals surface area contributed by atoms with Crippen molar-refractivity contribution >= 4 is 0 Å². The van der Waals surface area contributed by atoms with Crippen LogP contribution in [0.4, 0.5) is 0 Å². The van der Waals surface area contributed by atoms with Crippen LogP contribution in [0.5, 0.6) is 0 Å². The molecule has 2 atom stereocenters. The first kappa shape index (κ1) is 10.0. The van der Waals surface area contributed by atoms with Crippen molar-refractivity contribution in [3.05, 3.63) is 0 Å². The number of hydrogen-bond donors (Lipinski definition) is 0. The lowest BCUT2D eigenvalue weighted by Gasteiger charge is -2.36. The van der Waals surface area contributed by atoms with Gasteiger partial charge in [0.25, 0.3) is 0 Å². The molecule has 1 heteroatoms. The quantitative estimate of drug-likeness (QED) is 0.636. The molecule has 0 aliphatic heterocycles. The van der Waals surface area contributed by atoms with Gasteiger partial charge in [-0.05, 0) is 5.92 Å². The van der Waals surface area contributed by atoms with E-state index in [1.165, 1.54) is 32.1 Å². The summed E-state index contributed by atoms with van der Waals surface area (Å²) in [6.45, 7) is 4.16. The van der Waals surface area contributed by atoms with Crippen LogP contribution in [0.15, 0.2) is 0 Å². The van der Waals surface area contributed by atoms with Crippen LogP contribution in [0, 0.1) is 11.8 Å². The first-order valence-electron chi connectivity index (χ1n) is 5.41. The molecule has 0 spiro atoms. The van der Waals surface area contributed by atoms with Crippen LogP contribution in [0.3, 0.4) is 0 Å². The van der Waals surface area contributed by atoms with Crippen LogP contribution in [-0.2, 0) is 0 Å². The topological polar surface area (TPSA) is 23.1 Å². The van der Waals surface area contributed by atoms with E-state index >= 15 is 0 Å². The summed E-state index contributed by atoms with van der Waals surface area (Å²) in [5.74, 6) is 1.15. The normalized spacial score (nSPS) is 25.2. The monoisotopic (exact) mass is 169 g/mol. The van der Waals surface area contributed by atoms with Crippen LogP contribution in [0.25, 0.3) is 0 Å². The summed E-state index contributed by atoms with van der Waals surface area (Å²) in [7, 11) is 0. The van der Waals surface area contributed by atoms with E-state index in [-0.39, 0.29) is 6.10 Å². The Balaban J connectivity index is 2.33. The Kier molecular flexibility index (Phi) is 4.07. The van der Waals surface area contributed by atoms with Crippen molar-refractivity contribution in [3.63, 3.8) is 0 Å². The Bertz CT molecular complexity index is 116. The lowest BCUT2D eigenvalue weighted by Crippen LogP contribution is -2.36. The summed E-state index contributed by atoms with van der Waals surface area (Å²) in [4.78, 5) is 0. The van der Waals surface area contributed by atoms with E-state index in [2.05, 4.69) is 6.92 Å². The van der Waals surface area contributed by atoms with E-state index < -0.39 is 0 Å². The van der Waals surface area contributed by atoms with Gasteiger partial charge >= 0.3 is 0 Å². The van der Waals surface area contributed by atoms with Gasteiger partial charge in [0.05, 0.1) is 0 Å². The van der Waals surface area contributed by atoms with Crippen LogP contribution >= 0.6 is 0 Å². The second-order valence-corrected chi connectivity index (χ2v) is 4.20. The Morgan fingerprint density at radius 2 is 1.83 bits per heavy atom. The van der Waals surface area contributed by atoms with Gasteiger partial charge in [0.1, 0.15) is 0 Å². The second-order valence-electron chi connectivity index (χ2n) is 4.20. The van der Waals surface area contributed by atoms with E-state index in [4.69, 9.17) is 0 Å². The van der Waals surface area contributed by atoms with Crippen molar-refractivity contribution in [1.29, 1.82) is 0 Å². The van der Waals surface area contributed by atoms with Crippen molar-refractivity contribution in [2.75, 3.05) is 0 Å². The fraction of sp³-hybridized carbons (Fsp3) is 1.00. The Labute approximate surface area is 76.2 Å². The second kappa shape index (κ2) is 4.86. The minimum absolute atomic E-state index is 0.312. The molecule has 0 aromatic heterocycles. The summed E-state index contributed by atoms with van der Waals surface area (Å²) in [6, 6.07) is 0. The molecule has 1 rings (SSSR count). The maximum atomic E-state index is 11.5. The van der Waals surface area contributed by atoms with Crippen LogP contribution in [0.2, 0.25) is 0 Å². The smallest absolute Gasteiger partial charge is 0.0399 e. The van der Waals surface area contributed by atoms with E-state index in [1.54, 1.807) is 0 Å². The zero-order valence-corrected chi connectivity index (χ0v) is 8.38. The van der Waals surface area contributed by atoms with E-state index in [0.717, 1.165) is 12.3 Å². The summed E-state index contributed by atoms with van der Waals surface area (Å²) in [5, 5.41) is 11.5. The van der Waals surface area contributed by atoms with Crippen LogP contribution in [0.1, 0.15) is 52.4 Å². The SMILES string of the molecule is CCC([O-])[C@@H](C)C1CCCCC1. The molecule has 72 valence electrons. The molecule has 1 aliphatic rings. The highest BCUT2D eigenvalue weighted by molar-refractivity contribution is 4.74. The Morgan fingerprint density at radius 3 is 2.33 bits per heavy atom. The lowest BCUT2D eigenvalue weighted by atomic mass is 9.78. The van der Waals surface area contributed by atoms with E-state index in [9.17, 15) is 5.11 Å². The van der Waals surface area contributed by atoms with Gasteiger partial charge in [-0.15, -0.1) is 6.10 Å². The number of hydrogen-bond acceptors (Lipinski definition) is 1. The molecule has 0 amide bonds. The van der Waals surface area contributed by atoms with Gasteiger partial charge in [-0.1, -0.05) is 58.3 Å². The fourth-order valence-corrected chi connectivity index (χ4v) is 2.34. The maximum absolute atomic E-state index is 11.5. The third-order valence-corrected chi connectivity index (χ3v) is 3.38. The lowest BCUT2D eigenvalue weighted by molar-refractivity contribution is -0.436. The molecule has 0 aromatic rings. The highest BCUT2D eigenvalue weighted by Crippen LogP contribution is 2.31. The molecule has 0 radical (unpaired) electrons. The van der Waals surface area contributed by atoms with Crippen molar-refractivity contribution < 1.29 is 5.11 Å². The molecule has 0 aromatic carbocycles. The largest absolute Gasteiger partial charge is 0.852 e. The van der Waals surface area contributed by atoms with Gasteiger partial charge in [-0.2, -0.15) is 0 Å². The third-order valence-electron chi connectivity index (χ3n) is 3.38. The molecule has 1 nitrogen and oxygen atoms in total. The molecule has 12 heavy (non-hydrogen) atoms. The third kappa shape index (κ3) is 2.48. The number of rotatable bonds is 3. The molecule has 0 saturated heterocycles. The first-order valence-corrected chi connectivity index (χ1v) is 5.41. The molecule has 1 saturated carbocycles. The Morgan fingerprint density at radius 1 is 1.25 bits per heavy atom. The molecular weight excluding hydrogens is 148 g/mol. The Hall–Kier alpha value is -0.0400. The van der Waals surface area contributed by atoms with Crippen molar-refractivity contribution in [1.82, 2.24) is 0 Å². The van der Waals surface area contributed by atoms with E-state index in [0.29, 0.717) is 5.92 Å². The summed E-state index contributed by atoms with van der Waals surface area (Å²) in [5.41, 5.74) is 0. The highest BCUT2D eigenvalue weighted by Gasteiger charge is 2.20. The van der Waals surface area contributed by atoms with Gasteiger partial charge < -0.3 is 5.11 Å². The maximum Gasteiger partial charge on any atom is -0.0399 e. The molecule has 1 aliphatic carbocycles. The fourth-order valence-electron chi connectivity index (χ4n) is 2.34. The average Bonchev–Trinajstić information content (AvgIpc) is 2.17. The molecule has 0 bridgehead atoms.